The summed E-state index contributed by atoms with van der Waals surface area (Å²) in [6.07, 6.45) is 5.02. The smallest absolute Gasteiger partial charge is 0.0697 e. The molecule has 0 aliphatic heterocycles. The first-order valence-corrected chi connectivity index (χ1v) is 2.90. The summed E-state index contributed by atoms with van der Waals surface area (Å²) in [5, 5.41) is 0. The van der Waals surface area contributed by atoms with E-state index < -0.39 is 0 Å². The fourth-order valence-electron chi connectivity index (χ4n) is 0.913. The predicted octanol–water partition coefficient (Wildman–Crippen LogP) is 1.74. The highest BCUT2D eigenvalue weighted by Crippen LogP contribution is 2.00. The molecule has 43 valence electrons. The molecule has 0 aliphatic rings. The van der Waals surface area contributed by atoms with Gasteiger partial charge in [-0.15, -0.1) is 0 Å². The highest BCUT2D eigenvalue weighted by molar-refractivity contribution is 5.46. The standard InChI is InChI=1S/C8H6N/c1-2-6-9-7-3-5-8(9)4-1/h1-6H. The van der Waals surface area contributed by atoms with Crippen LogP contribution in [0.2, 0.25) is 0 Å². The topological polar surface area (TPSA) is 4.41 Å². The van der Waals surface area contributed by atoms with Gasteiger partial charge < -0.3 is 4.40 Å². The summed E-state index contributed by atoms with van der Waals surface area (Å²) in [5.74, 6) is 0. The molecule has 1 nitrogen and oxygen atoms in total. The van der Waals surface area contributed by atoms with Gasteiger partial charge in [0.25, 0.3) is 0 Å². The highest BCUT2D eigenvalue weighted by atomic mass is 14.8. The van der Waals surface area contributed by atoms with Crippen LogP contribution in [0.4, 0.5) is 0 Å². The van der Waals surface area contributed by atoms with Crippen molar-refractivity contribution in [2.45, 2.75) is 0 Å². The Bertz CT molecular complexity index is 279. The maximum Gasteiger partial charge on any atom is 0.0697 e. The van der Waals surface area contributed by atoms with Gasteiger partial charge in [-0.25, -0.2) is 0 Å². The van der Waals surface area contributed by atoms with Crippen LogP contribution in [0.1, 0.15) is 0 Å². The van der Waals surface area contributed by atoms with E-state index in [-0.39, 0.29) is 0 Å². The van der Waals surface area contributed by atoms with E-state index in [1.807, 2.05) is 34.9 Å². The number of nitrogens with zero attached hydrogens (tertiary/aromatic N) is 1. The summed E-state index contributed by atoms with van der Waals surface area (Å²) in [4.78, 5) is 0. The molecule has 0 saturated heterocycles. The van der Waals surface area contributed by atoms with Gasteiger partial charge in [0, 0.05) is 11.7 Å². The Labute approximate surface area is 53.5 Å². The summed E-state index contributed by atoms with van der Waals surface area (Å²) in [7, 11) is 0. The van der Waals surface area contributed by atoms with Gasteiger partial charge in [-0.2, -0.15) is 0 Å². The van der Waals surface area contributed by atoms with Crippen LogP contribution in [0.15, 0.2) is 36.5 Å². The van der Waals surface area contributed by atoms with Crippen LogP contribution in [-0.4, -0.2) is 4.40 Å². The normalized spacial score (nSPS) is 10.2. The van der Waals surface area contributed by atoms with Gasteiger partial charge in [-0.1, -0.05) is 6.07 Å². The van der Waals surface area contributed by atoms with E-state index in [2.05, 4.69) is 12.3 Å². The zero-order valence-corrected chi connectivity index (χ0v) is 4.91. The van der Waals surface area contributed by atoms with Crippen molar-refractivity contribution in [3.8, 4) is 0 Å². The number of pyridine rings is 1. The molecular formula is C8H6N. The fraction of sp³-hybridized carbons (Fsp3) is 0. The Morgan fingerprint density at radius 3 is 3.11 bits per heavy atom. The minimum absolute atomic E-state index is 1.19. The lowest BCUT2D eigenvalue weighted by atomic mass is 10.4. The van der Waals surface area contributed by atoms with Gasteiger partial charge in [0.1, 0.15) is 0 Å². The van der Waals surface area contributed by atoms with Gasteiger partial charge in [0.05, 0.1) is 6.20 Å². The van der Waals surface area contributed by atoms with Crippen LogP contribution in [0.25, 0.3) is 5.52 Å². The van der Waals surface area contributed by atoms with Crippen LogP contribution >= 0.6 is 0 Å². The minimum Gasteiger partial charge on any atom is -0.315 e. The van der Waals surface area contributed by atoms with Crippen LogP contribution in [-0.2, 0) is 0 Å². The molecule has 0 N–H and O–H groups in total. The third-order valence-electron chi connectivity index (χ3n) is 1.36. The van der Waals surface area contributed by atoms with Crippen LogP contribution in [0.3, 0.4) is 0 Å². The largest absolute Gasteiger partial charge is 0.315 e. The van der Waals surface area contributed by atoms with E-state index in [4.69, 9.17) is 0 Å². The van der Waals surface area contributed by atoms with E-state index in [1.54, 1.807) is 0 Å². The van der Waals surface area contributed by atoms with E-state index in [1.165, 1.54) is 5.52 Å². The number of aromatic nitrogens is 1. The molecule has 2 heterocycles. The number of hydrogen-bond donors (Lipinski definition) is 0. The molecule has 9 heavy (non-hydrogen) atoms. The van der Waals surface area contributed by atoms with E-state index in [0.29, 0.717) is 0 Å². The Morgan fingerprint density at radius 2 is 2.22 bits per heavy atom. The number of rotatable bonds is 0. The van der Waals surface area contributed by atoms with Gasteiger partial charge in [0.15, 0.2) is 0 Å². The molecule has 0 spiro atoms. The van der Waals surface area contributed by atoms with E-state index in [0.717, 1.165) is 0 Å². The second kappa shape index (κ2) is 1.62. The molecule has 0 aliphatic carbocycles. The first-order valence-electron chi connectivity index (χ1n) is 2.90. The van der Waals surface area contributed by atoms with Crippen molar-refractivity contribution < 1.29 is 0 Å². The van der Waals surface area contributed by atoms with Crippen molar-refractivity contribution in [1.29, 1.82) is 0 Å². The predicted molar refractivity (Wildman–Crippen MR) is 36.2 cm³/mol. The third kappa shape index (κ3) is 0.617. The first-order chi connectivity index (χ1) is 4.47. The zero-order valence-electron chi connectivity index (χ0n) is 4.91. The lowest BCUT2D eigenvalue weighted by Crippen LogP contribution is -1.76. The van der Waals surface area contributed by atoms with Crippen LogP contribution < -0.4 is 0 Å². The maximum atomic E-state index is 3.04. The first kappa shape index (κ1) is 4.62. The van der Waals surface area contributed by atoms with Crippen molar-refractivity contribution in [2.75, 3.05) is 0 Å². The van der Waals surface area contributed by atoms with Crippen molar-refractivity contribution in [2.24, 2.45) is 0 Å². The molecule has 1 heteroatoms. The Balaban J connectivity index is 2.95. The molecule has 2 rings (SSSR count). The van der Waals surface area contributed by atoms with E-state index >= 15 is 0 Å². The molecule has 0 atom stereocenters. The second-order valence-corrected chi connectivity index (χ2v) is 1.96. The third-order valence-corrected chi connectivity index (χ3v) is 1.36. The van der Waals surface area contributed by atoms with Gasteiger partial charge in [-0.3, -0.25) is 0 Å². The lowest BCUT2D eigenvalue weighted by molar-refractivity contribution is 1.19. The quantitative estimate of drug-likeness (QED) is 0.494. The maximum absolute atomic E-state index is 3.04. The highest BCUT2D eigenvalue weighted by Gasteiger charge is 1.84. The molecule has 0 aromatic carbocycles. The van der Waals surface area contributed by atoms with Crippen molar-refractivity contribution >= 4 is 5.52 Å². The van der Waals surface area contributed by atoms with Crippen LogP contribution in [0.5, 0.6) is 0 Å². The van der Waals surface area contributed by atoms with Gasteiger partial charge >= 0.3 is 0 Å². The molecule has 0 saturated carbocycles. The summed E-state index contributed by atoms with van der Waals surface area (Å²) < 4.78 is 1.96. The molecule has 1 radical (unpaired) electrons. The summed E-state index contributed by atoms with van der Waals surface area (Å²) in [6, 6.07) is 10.00. The molecule has 0 unspecified atom stereocenters. The van der Waals surface area contributed by atoms with Crippen molar-refractivity contribution in [3.05, 3.63) is 42.7 Å². The average Bonchev–Trinajstić information content (AvgIpc) is 2.33. The number of fused-ring (bicyclic) bond motifs is 1. The zero-order chi connectivity index (χ0) is 6.10. The molecular weight excluding hydrogens is 110 g/mol. The number of hydrogen-bond acceptors (Lipinski definition) is 0. The molecule has 2 aromatic heterocycles. The molecule has 2 aromatic rings. The Hall–Kier alpha value is -1.24. The van der Waals surface area contributed by atoms with Gasteiger partial charge in [0.2, 0.25) is 0 Å². The van der Waals surface area contributed by atoms with Crippen molar-refractivity contribution in [1.82, 2.24) is 4.40 Å². The van der Waals surface area contributed by atoms with E-state index in [9.17, 15) is 0 Å². The summed E-state index contributed by atoms with van der Waals surface area (Å²) in [5.41, 5.74) is 1.19. The van der Waals surface area contributed by atoms with Crippen molar-refractivity contribution in [3.63, 3.8) is 0 Å². The molecule has 0 bridgehead atoms. The second-order valence-electron chi connectivity index (χ2n) is 1.96. The molecule has 0 fully saturated rings. The molecule has 0 amide bonds. The monoisotopic (exact) mass is 116 g/mol. The van der Waals surface area contributed by atoms with Crippen LogP contribution in [0, 0.1) is 6.20 Å². The summed E-state index contributed by atoms with van der Waals surface area (Å²) in [6.45, 7) is 0. The Morgan fingerprint density at radius 1 is 1.22 bits per heavy atom. The summed E-state index contributed by atoms with van der Waals surface area (Å²) >= 11 is 0. The minimum atomic E-state index is 1.19. The lowest BCUT2D eigenvalue weighted by Gasteiger charge is -1.87. The average molecular weight is 116 g/mol. The fourth-order valence-corrected chi connectivity index (χ4v) is 0.913. The SMILES string of the molecule is [c]1ccc2ccccn12. The Kier molecular flexibility index (Phi) is 0.833. The van der Waals surface area contributed by atoms with Gasteiger partial charge in [-0.05, 0) is 24.3 Å².